The fourth-order valence-electron chi connectivity index (χ4n) is 3.09. The van der Waals surface area contributed by atoms with Crippen LogP contribution in [0.4, 0.5) is 17.6 Å². The number of alkyl halides is 4. The van der Waals surface area contributed by atoms with Crippen LogP contribution >= 0.6 is 11.6 Å². The van der Waals surface area contributed by atoms with Crippen molar-refractivity contribution in [2.24, 2.45) is 5.16 Å². The molecule has 7 nitrogen and oxygen atoms in total. The summed E-state index contributed by atoms with van der Waals surface area (Å²) in [7, 11) is -3.98. The third-order valence-corrected chi connectivity index (χ3v) is 5.03. The molecule has 2 atom stereocenters. The Hall–Kier alpha value is -1.92. The van der Waals surface area contributed by atoms with E-state index in [4.69, 9.17) is 20.6 Å². The van der Waals surface area contributed by atoms with Crippen molar-refractivity contribution in [3.8, 4) is 0 Å². The van der Waals surface area contributed by atoms with Crippen molar-refractivity contribution >= 4 is 27.4 Å². The average molecular weight is 444 g/mol. The number of nitrogens with zero attached hydrogens (tertiary/aromatic N) is 2. The van der Waals surface area contributed by atoms with Gasteiger partial charge < -0.3 is 4.84 Å². The summed E-state index contributed by atoms with van der Waals surface area (Å²) in [5.74, 6) is 0. The molecule has 13 heteroatoms. The van der Waals surface area contributed by atoms with Crippen LogP contribution < -0.4 is 0 Å². The van der Waals surface area contributed by atoms with Gasteiger partial charge in [-0.2, -0.15) is 13.5 Å². The highest BCUT2D eigenvalue weighted by molar-refractivity contribution is 7.86. The summed E-state index contributed by atoms with van der Waals surface area (Å²) in [6, 6.07) is 0. The molecule has 0 saturated heterocycles. The van der Waals surface area contributed by atoms with Crippen LogP contribution in [0.25, 0.3) is 0 Å². The molecule has 3 rings (SSSR count). The van der Waals surface area contributed by atoms with E-state index in [-0.39, 0.29) is 23.6 Å². The van der Waals surface area contributed by atoms with Crippen LogP contribution in [0.3, 0.4) is 0 Å². The summed E-state index contributed by atoms with van der Waals surface area (Å²) < 4.78 is 81.5. The van der Waals surface area contributed by atoms with Gasteiger partial charge in [0.2, 0.25) is 0 Å². The summed E-state index contributed by atoms with van der Waals surface area (Å²) in [6.07, 6.45) is -2.54. The molecule has 0 radical (unpaired) electrons. The highest BCUT2D eigenvalue weighted by atomic mass is 35.5. The summed E-state index contributed by atoms with van der Waals surface area (Å²) in [5, 5.41) is 9.04. The van der Waals surface area contributed by atoms with Crippen LogP contribution in [-0.4, -0.2) is 42.3 Å². The molecule has 1 aliphatic carbocycles. The quantitative estimate of drug-likeness (QED) is 0.536. The van der Waals surface area contributed by atoms with Crippen molar-refractivity contribution in [3.63, 3.8) is 0 Å². The minimum atomic E-state index is -3.98. The topological polar surface area (TPSA) is 93.6 Å². The molecule has 1 aliphatic heterocycles. The summed E-state index contributed by atoms with van der Waals surface area (Å²) in [6.45, 7) is 0. The van der Waals surface area contributed by atoms with Gasteiger partial charge in [-0.25, -0.2) is 17.6 Å². The number of halogens is 5. The molecule has 2 aliphatic rings. The zero-order valence-electron chi connectivity index (χ0n) is 14.2. The lowest BCUT2D eigenvalue weighted by atomic mass is 9.85. The first-order valence-electron chi connectivity index (χ1n) is 7.84. The predicted molar refractivity (Wildman–Crippen MR) is 90.9 cm³/mol. The lowest BCUT2D eigenvalue weighted by Crippen LogP contribution is -2.45. The maximum Gasteiger partial charge on any atom is 0.282 e. The Morgan fingerprint density at radius 1 is 1.36 bits per heavy atom. The van der Waals surface area contributed by atoms with Gasteiger partial charge in [0, 0.05) is 17.9 Å². The number of hydrogen-bond acceptors (Lipinski definition) is 6. The summed E-state index contributed by atoms with van der Waals surface area (Å²) in [5.41, 5.74) is -4.10. The highest BCUT2D eigenvalue weighted by Crippen LogP contribution is 2.40. The standard InChI is InChI=1S/C15H14ClF4N3O4S/c1-28(24,25)27-15(4-2-3-7(16)6-15)9-5-8(23-26-9)10-11(13(17)18)21-22-12(10)14(19)20/h2-4,9,13-14H,5-6H2,1H3,(H,21,22). The predicted octanol–water partition coefficient (Wildman–Crippen LogP) is 3.58. The Balaban J connectivity index is 1.95. The van der Waals surface area contributed by atoms with Crippen LogP contribution in [0.15, 0.2) is 28.4 Å². The molecule has 2 unspecified atom stereocenters. The van der Waals surface area contributed by atoms with Gasteiger partial charge in [0.05, 0.1) is 17.5 Å². The van der Waals surface area contributed by atoms with E-state index in [1.807, 2.05) is 5.10 Å². The molecular formula is C15H14ClF4N3O4S. The van der Waals surface area contributed by atoms with E-state index in [2.05, 4.69) is 10.3 Å². The normalized spacial score (nSPS) is 25.2. The Bertz CT molecular complexity index is 935. The van der Waals surface area contributed by atoms with Crippen LogP contribution in [0.5, 0.6) is 0 Å². The molecule has 1 aromatic rings. The van der Waals surface area contributed by atoms with Gasteiger partial charge in [0.25, 0.3) is 23.0 Å². The van der Waals surface area contributed by atoms with E-state index in [0.717, 1.165) is 6.26 Å². The van der Waals surface area contributed by atoms with Gasteiger partial charge in [-0.3, -0.25) is 9.28 Å². The van der Waals surface area contributed by atoms with Crippen LogP contribution in [-0.2, 0) is 19.1 Å². The number of nitrogens with one attached hydrogen (secondary N) is 1. The average Bonchev–Trinajstić information content (AvgIpc) is 3.20. The monoisotopic (exact) mass is 443 g/mol. The number of rotatable bonds is 6. The number of aromatic amines is 1. The SMILES string of the molecule is CS(=O)(=O)OC1(C2CC(c3c(C(F)F)n[nH]c3C(F)F)=NO2)C=CC=C(Cl)C1. The first kappa shape index (κ1) is 20.8. The van der Waals surface area contributed by atoms with Gasteiger partial charge >= 0.3 is 0 Å². The molecule has 0 aromatic carbocycles. The minimum absolute atomic E-state index is 0.0968. The van der Waals surface area contributed by atoms with Crippen molar-refractivity contribution < 1.29 is 35.0 Å². The molecule has 28 heavy (non-hydrogen) atoms. The first-order chi connectivity index (χ1) is 13.0. The van der Waals surface area contributed by atoms with Gasteiger partial charge in [-0.05, 0) is 12.2 Å². The lowest BCUT2D eigenvalue weighted by molar-refractivity contribution is -0.0449. The van der Waals surface area contributed by atoms with Crippen LogP contribution in [0, 0.1) is 0 Å². The number of aromatic nitrogens is 2. The fourth-order valence-corrected chi connectivity index (χ4v) is 4.15. The van der Waals surface area contributed by atoms with Crippen molar-refractivity contribution in [2.75, 3.05) is 6.26 Å². The molecule has 1 aromatic heterocycles. The molecule has 0 saturated carbocycles. The molecular weight excluding hydrogens is 430 g/mol. The molecule has 2 heterocycles. The Labute approximate surface area is 162 Å². The summed E-state index contributed by atoms with van der Waals surface area (Å²) in [4.78, 5) is 5.23. The van der Waals surface area contributed by atoms with E-state index in [9.17, 15) is 26.0 Å². The fraction of sp³-hybridized carbons (Fsp3) is 0.467. The first-order valence-corrected chi connectivity index (χ1v) is 10.0. The van der Waals surface area contributed by atoms with E-state index in [0.29, 0.717) is 0 Å². The second-order valence-electron chi connectivity index (χ2n) is 6.23. The molecule has 0 bridgehead atoms. The van der Waals surface area contributed by atoms with Gasteiger partial charge in [0.15, 0.2) is 11.7 Å². The molecule has 154 valence electrons. The van der Waals surface area contributed by atoms with Crippen LogP contribution in [0.2, 0.25) is 0 Å². The molecule has 0 spiro atoms. The molecule has 0 fully saturated rings. The largest absolute Gasteiger partial charge is 0.388 e. The maximum absolute atomic E-state index is 13.2. The third-order valence-electron chi connectivity index (χ3n) is 4.16. The minimum Gasteiger partial charge on any atom is -0.388 e. The van der Waals surface area contributed by atoms with Crippen molar-refractivity contribution in [2.45, 2.75) is 37.4 Å². The van der Waals surface area contributed by atoms with E-state index < -0.39 is 51.6 Å². The summed E-state index contributed by atoms with van der Waals surface area (Å²) >= 11 is 6.01. The zero-order valence-corrected chi connectivity index (χ0v) is 15.8. The van der Waals surface area contributed by atoms with E-state index >= 15 is 0 Å². The Morgan fingerprint density at radius 3 is 2.64 bits per heavy atom. The van der Waals surface area contributed by atoms with Crippen molar-refractivity contribution in [1.82, 2.24) is 10.2 Å². The van der Waals surface area contributed by atoms with Gasteiger partial charge in [0.1, 0.15) is 11.4 Å². The Morgan fingerprint density at radius 2 is 2.07 bits per heavy atom. The molecule has 0 amide bonds. The second-order valence-corrected chi connectivity index (χ2v) is 8.29. The number of oxime groups is 1. The van der Waals surface area contributed by atoms with Crippen LogP contribution in [0.1, 0.15) is 42.6 Å². The van der Waals surface area contributed by atoms with E-state index in [1.54, 1.807) is 0 Å². The number of hydrogen-bond donors (Lipinski definition) is 1. The zero-order chi connectivity index (χ0) is 20.7. The smallest absolute Gasteiger partial charge is 0.282 e. The van der Waals surface area contributed by atoms with Gasteiger partial charge in [-0.1, -0.05) is 22.8 Å². The van der Waals surface area contributed by atoms with Gasteiger partial charge in [-0.15, -0.1) is 0 Å². The lowest BCUT2D eigenvalue weighted by Gasteiger charge is -2.34. The number of H-pyrrole nitrogens is 1. The molecule has 1 N–H and O–H groups in total. The highest BCUT2D eigenvalue weighted by Gasteiger charge is 2.48. The second kappa shape index (κ2) is 7.48. The van der Waals surface area contributed by atoms with E-state index in [1.165, 1.54) is 18.2 Å². The third kappa shape index (κ3) is 4.08. The van der Waals surface area contributed by atoms with Crippen molar-refractivity contribution in [1.29, 1.82) is 0 Å². The van der Waals surface area contributed by atoms with Crippen molar-refractivity contribution in [3.05, 3.63) is 40.2 Å². The Kier molecular flexibility index (Phi) is 5.56. The maximum atomic E-state index is 13.2. The number of allylic oxidation sites excluding steroid dienone is 2.